The average molecular weight is 386 g/mol. The molecule has 1 aliphatic heterocycles. The zero-order chi connectivity index (χ0) is 19.2. The van der Waals surface area contributed by atoms with Crippen molar-refractivity contribution >= 4 is 28.8 Å². The number of nitrogens with zero attached hydrogens (tertiary/aromatic N) is 1. The third-order valence-corrected chi connectivity index (χ3v) is 6.95. The lowest BCUT2D eigenvalue weighted by Crippen LogP contribution is -2.40. The highest BCUT2D eigenvalue weighted by molar-refractivity contribution is 7.10. The molecule has 1 aromatic rings. The van der Waals surface area contributed by atoms with Crippen LogP contribution in [0.5, 0.6) is 0 Å². The fraction of sp³-hybridized carbons (Fsp3) is 0.591. The molecular formula is C22H27NO3S. The van der Waals surface area contributed by atoms with E-state index in [2.05, 4.69) is 13.8 Å². The molecule has 2 aliphatic carbocycles. The predicted octanol–water partition coefficient (Wildman–Crippen LogP) is 5.05. The molecule has 3 aliphatic rings. The largest absolute Gasteiger partial charge is 0.462 e. The highest BCUT2D eigenvalue weighted by Crippen LogP contribution is 2.48. The van der Waals surface area contributed by atoms with Crippen LogP contribution < -0.4 is 0 Å². The van der Waals surface area contributed by atoms with Crippen molar-refractivity contribution < 1.29 is 14.3 Å². The Labute approximate surface area is 164 Å². The van der Waals surface area contributed by atoms with Crippen LogP contribution in [0, 0.1) is 11.3 Å². The number of thiophene rings is 1. The molecule has 1 unspecified atom stereocenters. The summed E-state index contributed by atoms with van der Waals surface area (Å²) in [6.07, 6.45) is 5.42. The number of Topliss-reactive ketones (excluding diaryl/α,β-unsaturated/α-hetero) is 1. The number of ether oxygens (including phenoxy) is 1. The van der Waals surface area contributed by atoms with E-state index in [-0.39, 0.29) is 29.2 Å². The topological polar surface area (TPSA) is 55.7 Å². The van der Waals surface area contributed by atoms with Gasteiger partial charge in [-0.2, -0.15) is 0 Å². The van der Waals surface area contributed by atoms with Crippen LogP contribution in [-0.4, -0.2) is 23.6 Å². The van der Waals surface area contributed by atoms with Crippen molar-refractivity contribution in [1.82, 2.24) is 0 Å². The second-order valence-electron chi connectivity index (χ2n) is 8.87. The Balaban J connectivity index is 1.74. The summed E-state index contributed by atoms with van der Waals surface area (Å²) in [6, 6.07) is 4.01. The van der Waals surface area contributed by atoms with Gasteiger partial charge >= 0.3 is 5.97 Å². The SMILES string of the molecule is CC1=NC2=C(C(=O)CC(C)(C)C2)[C@H](c2cccs2)C1C(=O)OC1CCCC1. The summed E-state index contributed by atoms with van der Waals surface area (Å²) in [5.74, 6) is -0.830. The Hall–Kier alpha value is -1.75. The maximum Gasteiger partial charge on any atom is 0.315 e. The molecule has 0 radical (unpaired) electrons. The van der Waals surface area contributed by atoms with E-state index in [0.29, 0.717) is 6.42 Å². The van der Waals surface area contributed by atoms with Crippen LogP contribution in [0.3, 0.4) is 0 Å². The summed E-state index contributed by atoms with van der Waals surface area (Å²) in [5.41, 5.74) is 2.31. The van der Waals surface area contributed by atoms with Gasteiger partial charge in [-0.3, -0.25) is 14.6 Å². The van der Waals surface area contributed by atoms with E-state index < -0.39 is 5.92 Å². The van der Waals surface area contributed by atoms with Crippen LogP contribution in [0.25, 0.3) is 0 Å². The lowest BCUT2D eigenvalue weighted by Gasteiger charge is -2.38. The standard InChI is InChI=1S/C22H27NO3S/c1-13-18(21(25)26-14-7-4-5-8-14)20(17-9-6-10-27-17)19-15(23-13)11-22(2,3)12-16(19)24/h6,9-10,14,18,20H,4-5,7-8,11-12H2,1-3H3/t18?,20-/m1/s1. The van der Waals surface area contributed by atoms with Gasteiger partial charge in [0.15, 0.2) is 5.78 Å². The fourth-order valence-electron chi connectivity index (χ4n) is 4.77. The van der Waals surface area contributed by atoms with E-state index in [1.165, 1.54) is 0 Å². The summed E-state index contributed by atoms with van der Waals surface area (Å²) >= 11 is 1.60. The Morgan fingerprint density at radius 1 is 1.26 bits per heavy atom. The summed E-state index contributed by atoms with van der Waals surface area (Å²) in [5, 5.41) is 2.01. The number of hydrogen-bond acceptors (Lipinski definition) is 5. The number of carbonyl (C=O) groups excluding carboxylic acids is 2. The van der Waals surface area contributed by atoms with Crippen LogP contribution in [0.15, 0.2) is 33.8 Å². The minimum absolute atomic E-state index is 0.0191. The van der Waals surface area contributed by atoms with Crippen LogP contribution >= 0.6 is 11.3 Å². The molecule has 1 aromatic heterocycles. The summed E-state index contributed by atoms with van der Waals surface area (Å²) < 4.78 is 5.86. The van der Waals surface area contributed by atoms with E-state index >= 15 is 0 Å². The van der Waals surface area contributed by atoms with Crippen LogP contribution in [-0.2, 0) is 14.3 Å². The van der Waals surface area contributed by atoms with E-state index in [0.717, 1.165) is 54.0 Å². The number of esters is 1. The van der Waals surface area contributed by atoms with Gasteiger partial charge in [0.1, 0.15) is 12.0 Å². The van der Waals surface area contributed by atoms with Crippen molar-refractivity contribution in [2.24, 2.45) is 16.3 Å². The monoisotopic (exact) mass is 385 g/mol. The van der Waals surface area contributed by atoms with Crippen molar-refractivity contribution in [1.29, 1.82) is 0 Å². The van der Waals surface area contributed by atoms with Crippen molar-refractivity contribution in [2.75, 3.05) is 0 Å². The summed E-state index contributed by atoms with van der Waals surface area (Å²) in [6.45, 7) is 6.14. The molecule has 4 rings (SSSR count). The summed E-state index contributed by atoms with van der Waals surface area (Å²) in [7, 11) is 0. The molecule has 2 heterocycles. The molecule has 2 atom stereocenters. The molecule has 0 bridgehead atoms. The van der Waals surface area contributed by atoms with E-state index in [4.69, 9.17) is 9.73 Å². The maximum absolute atomic E-state index is 13.1. The summed E-state index contributed by atoms with van der Waals surface area (Å²) in [4.78, 5) is 32.1. The first-order valence-electron chi connectivity index (χ1n) is 9.91. The van der Waals surface area contributed by atoms with Crippen molar-refractivity contribution in [3.63, 3.8) is 0 Å². The van der Waals surface area contributed by atoms with E-state index in [1.807, 2.05) is 24.4 Å². The smallest absolute Gasteiger partial charge is 0.315 e. The van der Waals surface area contributed by atoms with Gasteiger partial charge in [0.2, 0.25) is 0 Å². The predicted molar refractivity (Wildman–Crippen MR) is 107 cm³/mol. The molecule has 4 nitrogen and oxygen atoms in total. The molecule has 1 saturated carbocycles. The number of hydrogen-bond donors (Lipinski definition) is 0. The molecule has 0 N–H and O–H groups in total. The van der Waals surface area contributed by atoms with Crippen molar-refractivity contribution in [2.45, 2.75) is 71.3 Å². The first-order chi connectivity index (χ1) is 12.9. The zero-order valence-corrected chi connectivity index (χ0v) is 17.1. The number of rotatable bonds is 3. The van der Waals surface area contributed by atoms with Crippen LogP contribution in [0.4, 0.5) is 0 Å². The minimum atomic E-state index is -0.492. The van der Waals surface area contributed by atoms with Crippen LogP contribution in [0.2, 0.25) is 0 Å². The lowest BCUT2D eigenvalue weighted by molar-refractivity contribution is -0.151. The number of carbonyl (C=O) groups is 2. The zero-order valence-electron chi connectivity index (χ0n) is 16.3. The molecule has 5 heteroatoms. The molecule has 0 spiro atoms. The van der Waals surface area contributed by atoms with Crippen molar-refractivity contribution in [3.05, 3.63) is 33.7 Å². The molecule has 0 amide bonds. The van der Waals surface area contributed by atoms with E-state index in [9.17, 15) is 9.59 Å². The third kappa shape index (κ3) is 3.54. The number of allylic oxidation sites excluding steroid dienone is 2. The van der Waals surface area contributed by atoms with Gasteiger partial charge in [0, 0.05) is 34.2 Å². The van der Waals surface area contributed by atoms with Gasteiger partial charge in [-0.25, -0.2) is 0 Å². The van der Waals surface area contributed by atoms with Gasteiger partial charge in [0.25, 0.3) is 0 Å². The third-order valence-electron chi connectivity index (χ3n) is 5.99. The highest BCUT2D eigenvalue weighted by Gasteiger charge is 2.46. The number of aliphatic imine (C=N–C) groups is 1. The Kier molecular flexibility index (Phi) is 4.83. The minimum Gasteiger partial charge on any atom is -0.462 e. The molecule has 0 saturated heterocycles. The Bertz CT molecular complexity index is 813. The van der Waals surface area contributed by atoms with Gasteiger partial charge in [-0.1, -0.05) is 19.9 Å². The van der Waals surface area contributed by atoms with E-state index in [1.54, 1.807) is 11.3 Å². The van der Waals surface area contributed by atoms with Gasteiger partial charge in [-0.05, 0) is 55.9 Å². The number of ketones is 1. The molecular weight excluding hydrogens is 358 g/mol. The molecule has 144 valence electrons. The lowest BCUT2D eigenvalue weighted by atomic mass is 9.68. The molecule has 0 aromatic carbocycles. The highest BCUT2D eigenvalue weighted by atomic mass is 32.1. The Morgan fingerprint density at radius 3 is 2.67 bits per heavy atom. The average Bonchev–Trinajstić information content (AvgIpc) is 3.25. The van der Waals surface area contributed by atoms with Gasteiger partial charge < -0.3 is 4.74 Å². The first kappa shape index (κ1) is 18.6. The maximum atomic E-state index is 13.1. The van der Waals surface area contributed by atoms with Gasteiger partial charge in [0.05, 0.1) is 0 Å². The fourth-order valence-corrected chi connectivity index (χ4v) is 5.64. The van der Waals surface area contributed by atoms with Crippen LogP contribution in [0.1, 0.15) is 70.1 Å². The first-order valence-corrected chi connectivity index (χ1v) is 10.8. The molecule has 1 fully saturated rings. The van der Waals surface area contributed by atoms with Crippen molar-refractivity contribution in [3.8, 4) is 0 Å². The molecule has 27 heavy (non-hydrogen) atoms. The van der Waals surface area contributed by atoms with Gasteiger partial charge in [-0.15, -0.1) is 11.3 Å². The normalized spacial score (nSPS) is 28.1. The second kappa shape index (κ2) is 7.01. The second-order valence-corrected chi connectivity index (χ2v) is 9.85. The quantitative estimate of drug-likeness (QED) is 0.684. The Morgan fingerprint density at radius 2 is 2.00 bits per heavy atom.